The molecule has 26 heavy (non-hydrogen) atoms. The summed E-state index contributed by atoms with van der Waals surface area (Å²) >= 11 is 0. The number of ether oxygens (including phenoxy) is 2. The van der Waals surface area contributed by atoms with Crippen LogP contribution in [0.25, 0.3) is 0 Å². The lowest BCUT2D eigenvalue weighted by molar-refractivity contribution is -0.121. The number of ketones is 1. The average molecular weight is 355 g/mol. The van der Waals surface area contributed by atoms with Gasteiger partial charge in [0.1, 0.15) is 11.5 Å². The predicted molar refractivity (Wildman–Crippen MR) is 101 cm³/mol. The highest BCUT2D eigenvalue weighted by Gasteiger charge is 2.11. The fourth-order valence-electron chi connectivity index (χ4n) is 2.73. The number of benzene rings is 2. The molecule has 2 aromatic rings. The van der Waals surface area contributed by atoms with E-state index in [1.165, 1.54) is 0 Å². The number of hydrogen-bond acceptors (Lipinski definition) is 4. The number of amides is 1. The highest BCUT2D eigenvalue weighted by molar-refractivity contribution is 5.99. The van der Waals surface area contributed by atoms with E-state index in [4.69, 9.17) is 9.47 Å². The van der Waals surface area contributed by atoms with Crippen molar-refractivity contribution in [2.75, 3.05) is 20.8 Å². The van der Waals surface area contributed by atoms with Gasteiger partial charge in [-0.05, 0) is 30.5 Å². The minimum Gasteiger partial charge on any atom is -0.497 e. The van der Waals surface area contributed by atoms with Gasteiger partial charge >= 0.3 is 0 Å². The Balaban J connectivity index is 1.79. The normalized spacial score (nSPS) is 10.3. The average Bonchev–Trinajstić information content (AvgIpc) is 2.66. The number of methoxy groups -OCH3 is 2. The maximum Gasteiger partial charge on any atom is 0.220 e. The Morgan fingerprint density at radius 1 is 1.00 bits per heavy atom. The molecule has 0 bridgehead atoms. The standard InChI is InChI=1S/C21H25NO4/c1-15-6-4-5-7-18(15)19(23)10-11-21(24)22-13-12-16-8-9-17(25-2)14-20(16)26-3/h4-9,14H,10-13H2,1-3H3,(H,22,24). The Morgan fingerprint density at radius 3 is 2.46 bits per heavy atom. The molecule has 0 atom stereocenters. The molecule has 2 aromatic carbocycles. The second-order valence-corrected chi connectivity index (χ2v) is 6.02. The summed E-state index contributed by atoms with van der Waals surface area (Å²) in [4.78, 5) is 24.2. The first-order valence-corrected chi connectivity index (χ1v) is 8.61. The third kappa shape index (κ3) is 5.34. The van der Waals surface area contributed by atoms with Gasteiger partial charge in [-0.25, -0.2) is 0 Å². The van der Waals surface area contributed by atoms with E-state index in [1.807, 2.05) is 43.3 Å². The Labute approximate surface area is 154 Å². The van der Waals surface area contributed by atoms with Crippen LogP contribution in [0.5, 0.6) is 11.5 Å². The molecule has 0 radical (unpaired) electrons. The van der Waals surface area contributed by atoms with Crippen molar-refractivity contribution in [2.45, 2.75) is 26.2 Å². The lowest BCUT2D eigenvalue weighted by atomic mass is 10.0. The van der Waals surface area contributed by atoms with Crippen molar-refractivity contribution in [3.8, 4) is 11.5 Å². The van der Waals surface area contributed by atoms with Gasteiger partial charge in [0.15, 0.2) is 5.78 Å². The molecule has 0 unspecified atom stereocenters. The maximum absolute atomic E-state index is 12.2. The molecule has 0 aliphatic rings. The van der Waals surface area contributed by atoms with Crippen molar-refractivity contribution in [3.63, 3.8) is 0 Å². The molecule has 5 heteroatoms. The van der Waals surface area contributed by atoms with Gasteiger partial charge in [0.2, 0.25) is 5.91 Å². The minimum atomic E-state index is -0.126. The van der Waals surface area contributed by atoms with Crippen LogP contribution >= 0.6 is 0 Å². The molecule has 0 aliphatic carbocycles. The minimum absolute atomic E-state index is 0.00456. The number of rotatable bonds is 9. The van der Waals surface area contributed by atoms with Crippen LogP contribution in [0, 0.1) is 6.92 Å². The quantitative estimate of drug-likeness (QED) is 0.701. The summed E-state index contributed by atoms with van der Waals surface area (Å²) in [6.45, 7) is 2.38. The first-order chi connectivity index (χ1) is 12.5. The van der Waals surface area contributed by atoms with Crippen molar-refractivity contribution in [1.29, 1.82) is 0 Å². The number of aryl methyl sites for hydroxylation is 1. The Hall–Kier alpha value is -2.82. The van der Waals surface area contributed by atoms with E-state index in [9.17, 15) is 9.59 Å². The smallest absolute Gasteiger partial charge is 0.220 e. The molecule has 0 fully saturated rings. The van der Waals surface area contributed by atoms with E-state index >= 15 is 0 Å². The van der Waals surface area contributed by atoms with E-state index in [-0.39, 0.29) is 24.5 Å². The lowest BCUT2D eigenvalue weighted by Gasteiger charge is -2.11. The van der Waals surface area contributed by atoms with E-state index in [1.54, 1.807) is 20.3 Å². The van der Waals surface area contributed by atoms with E-state index in [2.05, 4.69) is 5.32 Å². The summed E-state index contributed by atoms with van der Waals surface area (Å²) in [6, 6.07) is 13.0. The second kappa shape index (κ2) is 9.61. The van der Waals surface area contributed by atoms with Crippen molar-refractivity contribution < 1.29 is 19.1 Å². The molecule has 5 nitrogen and oxygen atoms in total. The van der Waals surface area contributed by atoms with Crippen LogP contribution in [0.15, 0.2) is 42.5 Å². The molecule has 0 spiro atoms. The monoisotopic (exact) mass is 355 g/mol. The van der Waals surface area contributed by atoms with Crippen LogP contribution in [0.2, 0.25) is 0 Å². The molecule has 0 saturated carbocycles. The number of carbonyl (C=O) groups is 2. The summed E-state index contributed by atoms with van der Waals surface area (Å²) in [7, 11) is 3.21. The fraction of sp³-hybridized carbons (Fsp3) is 0.333. The summed E-state index contributed by atoms with van der Waals surface area (Å²) < 4.78 is 10.5. The van der Waals surface area contributed by atoms with E-state index in [0.717, 1.165) is 22.6 Å². The Morgan fingerprint density at radius 2 is 1.77 bits per heavy atom. The predicted octanol–water partition coefficient (Wildman–Crippen LogP) is 3.33. The first kappa shape index (κ1) is 19.5. The fourth-order valence-corrected chi connectivity index (χ4v) is 2.73. The number of nitrogens with one attached hydrogen (secondary N) is 1. The van der Waals surface area contributed by atoms with Crippen LogP contribution < -0.4 is 14.8 Å². The molecule has 0 aliphatic heterocycles. The molecule has 1 N–H and O–H groups in total. The Kier molecular flexibility index (Phi) is 7.21. The van der Waals surface area contributed by atoms with Crippen molar-refractivity contribution in [2.24, 2.45) is 0 Å². The highest BCUT2D eigenvalue weighted by atomic mass is 16.5. The molecular formula is C21H25NO4. The topological polar surface area (TPSA) is 64.6 Å². The number of Topliss-reactive ketones (excluding diaryl/α,β-unsaturated/α-hetero) is 1. The first-order valence-electron chi connectivity index (χ1n) is 8.61. The number of hydrogen-bond donors (Lipinski definition) is 1. The highest BCUT2D eigenvalue weighted by Crippen LogP contribution is 2.24. The second-order valence-electron chi connectivity index (χ2n) is 6.02. The molecule has 1 amide bonds. The van der Waals surface area contributed by atoms with Gasteiger partial charge in [-0.15, -0.1) is 0 Å². The van der Waals surface area contributed by atoms with Gasteiger partial charge < -0.3 is 14.8 Å². The van der Waals surface area contributed by atoms with Crippen LogP contribution in [0.1, 0.15) is 34.3 Å². The third-order valence-electron chi connectivity index (χ3n) is 4.24. The third-order valence-corrected chi connectivity index (χ3v) is 4.24. The van der Waals surface area contributed by atoms with Gasteiger partial charge in [0.05, 0.1) is 14.2 Å². The van der Waals surface area contributed by atoms with Crippen molar-refractivity contribution >= 4 is 11.7 Å². The lowest BCUT2D eigenvalue weighted by Crippen LogP contribution is -2.26. The van der Waals surface area contributed by atoms with E-state index in [0.29, 0.717) is 18.5 Å². The Bertz CT molecular complexity index is 770. The zero-order chi connectivity index (χ0) is 18.9. The maximum atomic E-state index is 12.2. The van der Waals surface area contributed by atoms with Crippen LogP contribution in [-0.4, -0.2) is 32.5 Å². The van der Waals surface area contributed by atoms with Crippen LogP contribution in [-0.2, 0) is 11.2 Å². The van der Waals surface area contributed by atoms with Crippen LogP contribution in [0.4, 0.5) is 0 Å². The molecule has 0 aromatic heterocycles. The molecule has 0 heterocycles. The molecule has 2 rings (SSSR count). The van der Waals surface area contributed by atoms with Gasteiger partial charge in [-0.2, -0.15) is 0 Å². The summed E-state index contributed by atoms with van der Waals surface area (Å²) in [5.74, 6) is 1.33. The van der Waals surface area contributed by atoms with Gasteiger partial charge in [-0.1, -0.05) is 30.3 Å². The largest absolute Gasteiger partial charge is 0.497 e. The zero-order valence-electron chi connectivity index (χ0n) is 15.5. The zero-order valence-corrected chi connectivity index (χ0v) is 15.5. The van der Waals surface area contributed by atoms with Gasteiger partial charge in [-0.3, -0.25) is 9.59 Å². The summed E-state index contributed by atoms with van der Waals surface area (Å²) in [5.41, 5.74) is 2.61. The molecular weight excluding hydrogens is 330 g/mol. The van der Waals surface area contributed by atoms with E-state index < -0.39 is 0 Å². The summed E-state index contributed by atoms with van der Waals surface area (Å²) in [5, 5.41) is 2.85. The van der Waals surface area contributed by atoms with Gasteiger partial charge in [0.25, 0.3) is 0 Å². The van der Waals surface area contributed by atoms with Crippen molar-refractivity contribution in [1.82, 2.24) is 5.32 Å². The SMILES string of the molecule is COc1ccc(CCNC(=O)CCC(=O)c2ccccc2C)c(OC)c1. The molecule has 0 saturated heterocycles. The van der Waals surface area contributed by atoms with Crippen molar-refractivity contribution in [3.05, 3.63) is 59.2 Å². The number of carbonyl (C=O) groups excluding carboxylic acids is 2. The van der Waals surface area contributed by atoms with Gasteiger partial charge in [0, 0.05) is 31.0 Å². The van der Waals surface area contributed by atoms with Crippen LogP contribution in [0.3, 0.4) is 0 Å². The summed E-state index contributed by atoms with van der Waals surface area (Å²) in [6.07, 6.45) is 1.04. The molecule has 138 valence electrons.